The highest BCUT2D eigenvalue weighted by atomic mass is 35.5. The number of amides is 1. The quantitative estimate of drug-likeness (QED) is 0.600. The summed E-state index contributed by atoms with van der Waals surface area (Å²) in [6, 6.07) is -1.07. The molecule has 0 aromatic heterocycles. The Morgan fingerprint density at radius 1 is 1.57 bits per heavy atom. The molecule has 0 radical (unpaired) electrons. The predicted octanol–water partition coefficient (Wildman–Crippen LogP) is -0.264. The van der Waals surface area contributed by atoms with E-state index in [2.05, 4.69) is 5.32 Å². The van der Waals surface area contributed by atoms with E-state index in [1.165, 1.54) is 0 Å². The first-order valence-electron chi connectivity index (χ1n) is 4.39. The number of hydrogen-bond acceptors (Lipinski definition) is 3. The van der Waals surface area contributed by atoms with Crippen LogP contribution in [-0.2, 0) is 9.59 Å². The van der Waals surface area contributed by atoms with Crippen molar-refractivity contribution in [3.05, 3.63) is 0 Å². The molecule has 1 fully saturated rings. The lowest BCUT2D eigenvalue weighted by atomic mass is 9.95. The molecule has 2 atom stereocenters. The lowest BCUT2D eigenvalue weighted by Gasteiger charge is -2.16. The van der Waals surface area contributed by atoms with Crippen LogP contribution < -0.4 is 11.1 Å². The maximum Gasteiger partial charge on any atom is 0.321 e. The molecular formula is C8H15ClN2O3. The van der Waals surface area contributed by atoms with Crippen molar-refractivity contribution in [3.8, 4) is 0 Å². The highest BCUT2D eigenvalue weighted by Gasteiger charge is 2.31. The molecule has 1 saturated heterocycles. The number of aliphatic carboxylic acids is 1. The van der Waals surface area contributed by atoms with Gasteiger partial charge in [0.05, 0.1) is 5.92 Å². The van der Waals surface area contributed by atoms with E-state index < -0.39 is 17.9 Å². The molecule has 1 aliphatic heterocycles. The normalized spacial score (nSPS) is 24.1. The Morgan fingerprint density at radius 3 is 2.79 bits per heavy atom. The lowest BCUT2D eigenvalue weighted by Crippen LogP contribution is -2.45. The highest BCUT2D eigenvalue weighted by Crippen LogP contribution is 2.15. The van der Waals surface area contributed by atoms with Crippen molar-refractivity contribution in [2.45, 2.75) is 25.3 Å². The monoisotopic (exact) mass is 222 g/mol. The van der Waals surface area contributed by atoms with Gasteiger partial charge in [0, 0.05) is 6.54 Å². The first-order valence-corrected chi connectivity index (χ1v) is 4.39. The van der Waals surface area contributed by atoms with E-state index in [1.807, 2.05) is 0 Å². The molecule has 1 aliphatic rings. The molecule has 2 unspecified atom stereocenters. The van der Waals surface area contributed by atoms with Gasteiger partial charge in [-0.2, -0.15) is 0 Å². The van der Waals surface area contributed by atoms with Gasteiger partial charge in [-0.05, 0) is 12.8 Å². The Labute approximate surface area is 88.4 Å². The molecule has 5 nitrogen and oxygen atoms in total. The van der Waals surface area contributed by atoms with Crippen LogP contribution in [0.3, 0.4) is 0 Å². The van der Waals surface area contributed by atoms with E-state index in [9.17, 15) is 9.59 Å². The van der Waals surface area contributed by atoms with E-state index in [0.717, 1.165) is 12.8 Å². The molecule has 6 heteroatoms. The van der Waals surface area contributed by atoms with Gasteiger partial charge in [-0.3, -0.25) is 9.59 Å². The summed E-state index contributed by atoms with van der Waals surface area (Å²) in [5.74, 6) is -1.91. The molecule has 0 aromatic carbocycles. The SMILES string of the molecule is Cl.NC(C(=O)O)C1CCCCNC1=O. The third kappa shape index (κ3) is 3.16. The van der Waals surface area contributed by atoms with Crippen molar-refractivity contribution >= 4 is 24.3 Å². The summed E-state index contributed by atoms with van der Waals surface area (Å²) in [6.07, 6.45) is 2.32. The third-order valence-corrected chi connectivity index (χ3v) is 2.30. The van der Waals surface area contributed by atoms with Crippen molar-refractivity contribution in [1.82, 2.24) is 5.32 Å². The third-order valence-electron chi connectivity index (χ3n) is 2.30. The van der Waals surface area contributed by atoms with Crippen LogP contribution in [-0.4, -0.2) is 29.6 Å². The average Bonchev–Trinajstić information content (AvgIpc) is 2.28. The number of carbonyl (C=O) groups excluding carboxylic acids is 1. The maximum atomic E-state index is 11.3. The van der Waals surface area contributed by atoms with Crippen LogP contribution in [0.1, 0.15) is 19.3 Å². The van der Waals surface area contributed by atoms with Crippen molar-refractivity contribution in [3.63, 3.8) is 0 Å². The number of carboxylic acids is 1. The summed E-state index contributed by atoms with van der Waals surface area (Å²) in [7, 11) is 0. The summed E-state index contributed by atoms with van der Waals surface area (Å²) in [5.41, 5.74) is 5.39. The van der Waals surface area contributed by atoms with Crippen LogP contribution in [0.2, 0.25) is 0 Å². The molecule has 0 aliphatic carbocycles. The highest BCUT2D eigenvalue weighted by molar-refractivity contribution is 5.86. The Bertz CT molecular complexity index is 223. The number of nitrogens with two attached hydrogens (primary N) is 1. The van der Waals surface area contributed by atoms with Gasteiger partial charge >= 0.3 is 5.97 Å². The second-order valence-electron chi connectivity index (χ2n) is 3.26. The van der Waals surface area contributed by atoms with Gasteiger partial charge in [0.25, 0.3) is 0 Å². The zero-order valence-corrected chi connectivity index (χ0v) is 8.55. The second kappa shape index (κ2) is 5.82. The largest absolute Gasteiger partial charge is 0.480 e. The molecule has 0 spiro atoms. The van der Waals surface area contributed by atoms with Crippen LogP contribution >= 0.6 is 12.4 Å². The van der Waals surface area contributed by atoms with E-state index in [4.69, 9.17) is 10.8 Å². The number of rotatable bonds is 2. The van der Waals surface area contributed by atoms with Gasteiger partial charge in [-0.15, -0.1) is 12.4 Å². The van der Waals surface area contributed by atoms with Crippen LogP contribution in [0.25, 0.3) is 0 Å². The Balaban J connectivity index is 0.00000169. The smallest absolute Gasteiger partial charge is 0.321 e. The molecule has 0 aromatic rings. The van der Waals surface area contributed by atoms with Crippen LogP contribution in [0.15, 0.2) is 0 Å². The fourth-order valence-electron chi connectivity index (χ4n) is 1.48. The summed E-state index contributed by atoms with van der Waals surface area (Å²) in [6.45, 7) is 0.627. The molecular weight excluding hydrogens is 208 g/mol. The number of carboxylic acid groups (broad SMARTS) is 1. The zero-order chi connectivity index (χ0) is 9.84. The molecule has 1 amide bonds. The molecule has 1 rings (SSSR count). The Kier molecular flexibility index (Phi) is 5.49. The Morgan fingerprint density at radius 2 is 2.21 bits per heavy atom. The minimum absolute atomic E-state index is 0. The Hall–Kier alpha value is -0.810. The van der Waals surface area contributed by atoms with E-state index in [0.29, 0.717) is 13.0 Å². The summed E-state index contributed by atoms with van der Waals surface area (Å²) in [5, 5.41) is 11.3. The van der Waals surface area contributed by atoms with Gasteiger partial charge in [-0.1, -0.05) is 6.42 Å². The fourth-order valence-corrected chi connectivity index (χ4v) is 1.48. The van der Waals surface area contributed by atoms with Crippen molar-refractivity contribution in [1.29, 1.82) is 0 Å². The van der Waals surface area contributed by atoms with Crippen LogP contribution in [0.4, 0.5) is 0 Å². The minimum Gasteiger partial charge on any atom is -0.480 e. The van der Waals surface area contributed by atoms with Gasteiger partial charge < -0.3 is 16.2 Å². The molecule has 14 heavy (non-hydrogen) atoms. The fraction of sp³-hybridized carbons (Fsp3) is 0.750. The molecule has 0 bridgehead atoms. The van der Waals surface area contributed by atoms with Gasteiger partial charge in [0.15, 0.2) is 0 Å². The zero-order valence-electron chi connectivity index (χ0n) is 7.73. The minimum atomic E-state index is -1.11. The maximum absolute atomic E-state index is 11.3. The number of carbonyl (C=O) groups is 2. The van der Waals surface area contributed by atoms with E-state index in [-0.39, 0.29) is 18.3 Å². The summed E-state index contributed by atoms with van der Waals surface area (Å²) in [4.78, 5) is 21.9. The molecule has 4 N–H and O–H groups in total. The predicted molar refractivity (Wildman–Crippen MR) is 53.2 cm³/mol. The van der Waals surface area contributed by atoms with Crippen LogP contribution in [0.5, 0.6) is 0 Å². The summed E-state index contributed by atoms with van der Waals surface area (Å²) >= 11 is 0. The number of hydrogen-bond donors (Lipinski definition) is 3. The lowest BCUT2D eigenvalue weighted by molar-refractivity contribution is -0.143. The average molecular weight is 223 g/mol. The van der Waals surface area contributed by atoms with E-state index >= 15 is 0 Å². The summed E-state index contributed by atoms with van der Waals surface area (Å²) < 4.78 is 0. The molecule has 1 heterocycles. The van der Waals surface area contributed by atoms with Crippen molar-refractivity contribution in [2.75, 3.05) is 6.54 Å². The first kappa shape index (κ1) is 13.2. The topological polar surface area (TPSA) is 92.4 Å². The number of halogens is 1. The standard InChI is InChI=1S/C8H14N2O3.ClH/c9-6(8(12)13)5-3-1-2-4-10-7(5)11;/h5-6H,1-4,9H2,(H,10,11)(H,12,13);1H. The van der Waals surface area contributed by atoms with Gasteiger partial charge in [0.2, 0.25) is 5.91 Å². The van der Waals surface area contributed by atoms with E-state index in [1.54, 1.807) is 0 Å². The van der Waals surface area contributed by atoms with Crippen molar-refractivity contribution < 1.29 is 14.7 Å². The second-order valence-corrected chi connectivity index (χ2v) is 3.26. The van der Waals surface area contributed by atoms with Crippen molar-refractivity contribution in [2.24, 2.45) is 11.7 Å². The van der Waals surface area contributed by atoms with Gasteiger partial charge in [0.1, 0.15) is 6.04 Å². The van der Waals surface area contributed by atoms with Gasteiger partial charge in [-0.25, -0.2) is 0 Å². The first-order chi connectivity index (χ1) is 6.13. The molecule has 82 valence electrons. The molecule has 0 saturated carbocycles. The van der Waals surface area contributed by atoms with Crippen LogP contribution in [0, 0.1) is 5.92 Å². The number of nitrogens with one attached hydrogen (secondary N) is 1.